The molecule has 0 aliphatic heterocycles. The molecule has 0 aliphatic carbocycles. The summed E-state index contributed by atoms with van der Waals surface area (Å²) in [6.07, 6.45) is 0. The van der Waals surface area contributed by atoms with Crippen LogP contribution in [0.2, 0.25) is 0 Å². The molecular weight excluding hydrogens is 214 g/mol. The van der Waals surface area contributed by atoms with Crippen LogP contribution in [0, 0.1) is 0 Å². The van der Waals surface area contributed by atoms with Crippen LogP contribution in [0.5, 0.6) is 0 Å². The Labute approximate surface area is 99.5 Å². The molecule has 0 atom stereocenters. The van der Waals surface area contributed by atoms with Crippen LogP contribution in [0.3, 0.4) is 0 Å². The highest BCUT2D eigenvalue weighted by Crippen LogP contribution is 2.24. The van der Waals surface area contributed by atoms with Crippen molar-refractivity contribution in [1.29, 1.82) is 0 Å². The van der Waals surface area contributed by atoms with E-state index in [1.807, 2.05) is 30.3 Å². The predicted molar refractivity (Wildman–Crippen MR) is 66.7 cm³/mol. The van der Waals surface area contributed by atoms with Crippen molar-refractivity contribution in [3.8, 4) is 11.1 Å². The molecule has 0 radical (unpaired) electrons. The number of benzene rings is 2. The summed E-state index contributed by atoms with van der Waals surface area (Å²) >= 11 is 0. The molecule has 86 valence electrons. The molecule has 0 spiro atoms. The average molecular weight is 227 g/mol. The summed E-state index contributed by atoms with van der Waals surface area (Å²) in [5.41, 5.74) is 8.47. The first kappa shape index (κ1) is 11.4. The molecule has 0 aromatic heterocycles. The minimum absolute atomic E-state index is 0.307. The van der Waals surface area contributed by atoms with Gasteiger partial charge < -0.3 is 10.8 Å². The lowest BCUT2D eigenvalue weighted by Crippen LogP contribution is -2.00. The second-order valence-corrected chi connectivity index (χ2v) is 3.76. The molecule has 0 saturated carbocycles. The second-order valence-electron chi connectivity index (χ2n) is 3.76. The van der Waals surface area contributed by atoms with Gasteiger partial charge in [-0.25, -0.2) is 4.79 Å². The standard InChI is InChI=1S/C14H13NO2/c15-9-10-4-3-5-11(8-10)12-6-1-2-7-13(12)14(16)17/h1-8H,9,15H2,(H,16,17). The Bertz CT molecular complexity index is 549. The topological polar surface area (TPSA) is 63.3 Å². The van der Waals surface area contributed by atoms with Gasteiger partial charge >= 0.3 is 5.97 Å². The predicted octanol–water partition coefficient (Wildman–Crippen LogP) is 2.51. The van der Waals surface area contributed by atoms with Gasteiger partial charge in [-0.3, -0.25) is 0 Å². The number of hydrogen-bond donors (Lipinski definition) is 2. The highest BCUT2D eigenvalue weighted by Gasteiger charge is 2.10. The van der Waals surface area contributed by atoms with Crippen LogP contribution in [0.25, 0.3) is 11.1 Å². The maximum Gasteiger partial charge on any atom is 0.336 e. The van der Waals surface area contributed by atoms with Gasteiger partial charge in [0, 0.05) is 6.54 Å². The Balaban J connectivity index is 2.56. The van der Waals surface area contributed by atoms with Gasteiger partial charge in [0.15, 0.2) is 0 Å². The van der Waals surface area contributed by atoms with E-state index in [9.17, 15) is 4.79 Å². The molecule has 2 rings (SSSR count). The molecule has 3 heteroatoms. The van der Waals surface area contributed by atoms with Crippen LogP contribution < -0.4 is 5.73 Å². The maximum absolute atomic E-state index is 11.1. The first-order chi connectivity index (χ1) is 8.22. The molecule has 0 unspecified atom stereocenters. The Morgan fingerprint density at radius 1 is 1.12 bits per heavy atom. The van der Waals surface area contributed by atoms with Gasteiger partial charge in [-0.05, 0) is 28.8 Å². The third kappa shape index (κ3) is 2.34. The molecule has 0 bridgehead atoms. The van der Waals surface area contributed by atoms with Crippen molar-refractivity contribution in [2.75, 3.05) is 0 Å². The van der Waals surface area contributed by atoms with Crippen molar-refractivity contribution < 1.29 is 9.90 Å². The molecule has 0 amide bonds. The molecule has 2 aromatic carbocycles. The quantitative estimate of drug-likeness (QED) is 0.846. The van der Waals surface area contributed by atoms with Gasteiger partial charge in [0.25, 0.3) is 0 Å². The monoisotopic (exact) mass is 227 g/mol. The first-order valence-electron chi connectivity index (χ1n) is 5.34. The molecule has 2 aromatic rings. The molecular formula is C14H13NO2. The van der Waals surface area contributed by atoms with Crippen molar-refractivity contribution in [3.63, 3.8) is 0 Å². The third-order valence-corrected chi connectivity index (χ3v) is 2.63. The van der Waals surface area contributed by atoms with Crippen LogP contribution in [-0.2, 0) is 6.54 Å². The Kier molecular flexibility index (Phi) is 3.21. The lowest BCUT2D eigenvalue weighted by molar-refractivity contribution is 0.0697. The Morgan fingerprint density at radius 2 is 1.88 bits per heavy atom. The van der Waals surface area contributed by atoms with Gasteiger partial charge in [-0.1, -0.05) is 36.4 Å². The van der Waals surface area contributed by atoms with E-state index in [2.05, 4.69) is 0 Å². The summed E-state index contributed by atoms with van der Waals surface area (Å²) in [7, 11) is 0. The van der Waals surface area contributed by atoms with Crippen LogP contribution >= 0.6 is 0 Å². The number of carbonyl (C=O) groups is 1. The minimum Gasteiger partial charge on any atom is -0.478 e. The van der Waals surface area contributed by atoms with Crippen LogP contribution in [0.4, 0.5) is 0 Å². The normalized spacial score (nSPS) is 10.2. The number of rotatable bonds is 3. The zero-order valence-corrected chi connectivity index (χ0v) is 9.26. The summed E-state index contributed by atoms with van der Waals surface area (Å²) in [4.78, 5) is 11.1. The largest absolute Gasteiger partial charge is 0.478 e. The van der Waals surface area contributed by atoms with E-state index in [0.717, 1.165) is 16.7 Å². The average Bonchev–Trinajstić information content (AvgIpc) is 2.39. The molecule has 3 nitrogen and oxygen atoms in total. The van der Waals surface area contributed by atoms with E-state index in [1.165, 1.54) is 0 Å². The minimum atomic E-state index is -0.918. The van der Waals surface area contributed by atoms with E-state index in [0.29, 0.717) is 12.1 Å². The third-order valence-electron chi connectivity index (χ3n) is 2.63. The molecule has 17 heavy (non-hydrogen) atoms. The highest BCUT2D eigenvalue weighted by atomic mass is 16.4. The Hall–Kier alpha value is -2.13. The van der Waals surface area contributed by atoms with Gasteiger partial charge in [0.2, 0.25) is 0 Å². The molecule has 0 aliphatic rings. The van der Waals surface area contributed by atoms with Crippen molar-refractivity contribution in [2.24, 2.45) is 5.73 Å². The van der Waals surface area contributed by atoms with Crippen LogP contribution in [-0.4, -0.2) is 11.1 Å². The number of hydrogen-bond acceptors (Lipinski definition) is 2. The van der Waals surface area contributed by atoms with E-state index in [1.54, 1.807) is 18.2 Å². The van der Waals surface area contributed by atoms with Crippen molar-refractivity contribution in [1.82, 2.24) is 0 Å². The van der Waals surface area contributed by atoms with Crippen LogP contribution in [0.1, 0.15) is 15.9 Å². The molecule has 0 heterocycles. The fourth-order valence-corrected chi connectivity index (χ4v) is 1.79. The second kappa shape index (κ2) is 4.80. The number of aromatic carboxylic acids is 1. The maximum atomic E-state index is 11.1. The smallest absolute Gasteiger partial charge is 0.336 e. The van der Waals surface area contributed by atoms with E-state index in [-0.39, 0.29) is 0 Å². The molecule has 3 N–H and O–H groups in total. The summed E-state index contributed by atoms with van der Waals surface area (Å²) in [5.74, 6) is -0.918. The number of nitrogens with two attached hydrogens (primary N) is 1. The summed E-state index contributed by atoms with van der Waals surface area (Å²) in [6.45, 7) is 0.447. The van der Waals surface area contributed by atoms with E-state index >= 15 is 0 Å². The SMILES string of the molecule is NCc1cccc(-c2ccccc2C(=O)O)c1. The van der Waals surface area contributed by atoms with Gasteiger partial charge in [0.1, 0.15) is 0 Å². The first-order valence-corrected chi connectivity index (χ1v) is 5.34. The number of carboxylic acid groups (broad SMARTS) is 1. The van der Waals surface area contributed by atoms with E-state index in [4.69, 9.17) is 10.8 Å². The number of carboxylic acids is 1. The Morgan fingerprint density at radius 3 is 2.59 bits per heavy atom. The summed E-state index contributed by atoms with van der Waals surface area (Å²) in [6, 6.07) is 14.6. The van der Waals surface area contributed by atoms with E-state index < -0.39 is 5.97 Å². The summed E-state index contributed by atoms with van der Waals surface area (Å²) < 4.78 is 0. The zero-order chi connectivity index (χ0) is 12.3. The fourth-order valence-electron chi connectivity index (χ4n) is 1.79. The molecule has 0 saturated heterocycles. The van der Waals surface area contributed by atoms with Gasteiger partial charge in [0.05, 0.1) is 5.56 Å². The van der Waals surface area contributed by atoms with Gasteiger partial charge in [-0.2, -0.15) is 0 Å². The van der Waals surface area contributed by atoms with Crippen molar-refractivity contribution in [2.45, 2.75) is 6.54 Å². The lowest BCUT2D eigenvalue weighted by Gasteiger charge is -2.07. The fraction of sp³-hybridized carbons (Fsp3) is 0.0714. The van der Waals surface area contributed by atoms with Crippen LogP contribution in [0.15, 0.2) is 48.5 Å². The van der Waals surface area contributed by atoms with Crippen molar-refractivity contribution in [3.05, 3.63) is 59.7 Å². The summed E-state index contributed by atoms with van der Waals surface area (Å²) in [5, 5.41) is 9.13. The highest BCUT2D eigenvalue weighted by molar-refractivity contribution is 5.96. The van der Waals surface area contributed by atoms with Gasteiger partial charge in [-0.15, -0.1) is 0 Å². The van der Waals surface area contributed by atoms with Crippen molar-refractivity contribution >= 4 is 5.97 Å². The zero-order valence-electron chi connectivity index (χ0n) is 9.26. The molecule has 0 fully saturated rings. The lowest BCUT2D eigenvalue weighted by atomic mass is 9.98.